The summed E-state index contributed by atoms with van der Waals surface area (Å²) in [6.45, 7) is 3.88. The van der Waals surface area contributed by atoms with Gasteiger partial charge in [-0.15, -0.1) is 0 Å². The first kappa shape index (κ1) is 36.5. The van der Waals surface area contributed by atoms with Crippen molar-refractivity contribution in [3.8, 4) is 11.5 Å². The van der Waals surface area contributed by atoms with Crippen molar-refractivity contribution in [2.24, 2.45) is 0 Å². The van der Waals surface area contributed by atoms with Crippen molar-refractivity contribution >= 4 is 35.9 Å². The Morgan fingerprint density at radius 1 is 0.667 bits per heavy atom. The fourth-order valence-corrected chi connectivity index (χ4v) is 5.15. The van der Waals surface area contributed by atoms with E-state index in [2.05, 4.69) is 6.58 Å². The molecule has 4 atom stereocenters. The van der Waals surface area contributed by atoms with Crippen molar-refractivity contribution in [3.63, 3.8) is 0 Å². The number of rotatable bonds is 15. The SMILES string of the molecule is C=CC(=O)OCCCCOC(=O)/C=C/c1ccc(C(=O)Oc2ccc(C(=O)OC3CO[C@@H]4[C@@H](OC(=O)c5ccc(OC)cc5)CO[C@H]34)cc2)cc1. The van der Waals surface area contributed by atoms with E-state index in [0.29, 0.717) is 29.7 Å². The molecule has 2 heterocycles. The first-order valence-electron chi connectivity index (χ1n) is 16.1. The Morgan fingerprint density at radius 2 is 1.14 bits per heavy atom. The van der Waals surface area contributed by atoms with Crippen LogP contribution in [0.25, 0.3) is 6.08 Å². The Hall–Kier alpha value is -5.79. The minimum Gasteiger partial charge on any atom is -0.497 e. The maximum Gasteiger partial charge on any atom is 0.343 e. The summed E-state index contributed by atoms with van der Waals surface area (Å²) in [5, 5.41) is 0. The molecule has 2 aliphatic rings. The molecular formula is C38H36O13. The second-order valence-electron chi connectivity index (χ2n) is 11.3. The number of methoxy groups -OCH3 is 1. The van der Waals surface area contributed by atoms with Crippen LogP contribution in [-0.4, -0.2) is 87.8 Å². The molecule has 0 aromatic heterocycles. The third kappa shape index (κ3) is 10.1. The molecule has 1 unspecified atom stereocenters. The van der Waals surface area contributed by atoms with Gasteiger partial charge in [-0.25, -0.2) is 24.0 Å². The first-order chi connectivity index (χ1) is 24.7. The molecule has 266 valence electrons. The first-order valence-corrected chi connectivity index (χ1v) is 16.1. The topological polar surface area (TPSA) is 159 Å². The van der Waals surface area contributed by atoms with Crippen molar-refractivity contribution in [2.45, 2.75) is 37.3 Å². The standard InChI is InChI=1S/C38H36O13/c1-3-32(39)45-20-4-5-21-46-33(40)19-8-24-6-9-25(10-7-24)36(41)49-29-17-13-27(14-18-29)38(43)51-31-23-48-34-30(22-47-35(31)34)50-37(42)26-11-15-28(44-2)16-12-26/h3,6-19,30-31,34-35H,1,4-5,20-23H2,2H3/b19-8+/t30-,31?,34+,35+/m0/s1. The summed E-state index contributed by atoms with van der Waals surface area (Å²) in [7, 11) is 1.53. The lowest BCUT2D eigenvalue weighted by molar-refractivity contribution is -0.140. The van der Waals surface area contributed by atoms with Gasteiger partial charge in [0, 0.05) is 12.2 Å². The van der Waals surface area contributed by atoms with Crippen LogP contribution in [0, 0.1) is 0 Å². The lowest BCUT2D eigenvalue weighted by Crippen LogP contribution is -2.36. The van der Waals surface area contributed by atoms with Gasteiger partial charge in [-0.2, -0.15) is 0 Å². The molecule has 13 nitrogen and oxygen atoms in total. The second-order valence-corrected chi connectivity index (χ2v) is 11.3. The highest BCUT2D eigenvalue weighted by molar-refractivity contribution is 5.93. The summed E-state index contributed by atoms with van der Waals surface area (Å²) in [5.74, 6) is -1.97. The van der Waals surface area contributed by atoms with Crippen molar-refractivity contribution < 1.29 is 61.9 Å². The van der Waals surface area contributed by atoms with Crippen LogP contribution >= 0.6 is 0 Å². The number of unbranched alkanes of at least 4 members (excludes halogenated alkanes) is 1. The monoisotopic (exact) mass is 700 g/mol. The van der Waals surface area contributed by atoms with E-state index in [1.54, 1.807) is 54.6 Å². The molecule has 51 heavy (non-hydrogen) atoms. The summed E-state index contributed by atoms with van der Waals surface area (Å²) < 4.78 is 43.3. The van der Waals surface area contributed by atoms with Gasteiger partial charge in [0.15, 0.2) is 12.2 Å². The van der Waals surface area contributed by atoms with Gasteiger partial charge in [-0.1, -0.05) is 18.7 Å². The van der Waals surface area contributed by atoms with E-state index in [0.717, 1.165) is 6.08 Å². The summed E-state index contributed by atoms with van der Waals surface area (Å²) in [6, 6.07) is 18.8. The number of benzene rings is 3. The zero-order valence-electron chi connectivity index (χ0n) is 27.7. The summed E-state index contributed by atoms with van der Waals surface area (Å²) in [5.41, 5.74) is 1.51. The molecule has 0 bridgehead atoms. The molecule has 0 radical (unpaired) electrons. The smallest absolute Gasteiger partial charge is 0.343 e. The second kappa shape index (κ2) is 17.7. The zero-order chi connectivity index (χ0) is 36.2. The third-order valence-electron chi connectivity index (χ3n) is 7.86. The summed E-state index contributed by atoms with van der Waals surface area (Å²) >= 11 is 0. The van der Waals surface area contributed by atoms with E-state index in [9.17, 15) is 24.0 Å². The van der Waals surface area contributed by atoms with Crippen LogP contribution in [0.2, 0.25) is 0 Å². The van der Waals surface area contributed by atoms with Crippen molar-refractivity contribution in [2.75, 3.05) is 33.5 Å². The zero-order valence-corrected chi connectivity index (χ0v) is 27.7. The van der Waals surface area contributed by atoms with Crippen LogP contribution in [0.5, 0.6) is 11.5 Å². The molecular weight excluding hydrogens is 664 g/mol. The van der Waals surface area contributed by atoms with Crippen LogP contribution < -0.4 is 9.47 Å². The molecule has 2 saturated heterocycles. The van der Waals surface area contributed by atoms with Crippen LogP contribution in [0.1, 0.15) is 49.5 Å². The maximum absolute atomic E-state index is 12.9. The van der Waals surface area contributed by atoms with Crippen molar-refractivity contribution in [1.29, 1.82) is 0 Å². The molecule has 0 saturated carbocycles. The molecule has 13 heteroatoms. The van der Waals surface area contributed by atoms with Crippen LogP contribution in [-0.2, 0) is 38.0 Å². The number of esters is 5. The molecule has 0 N–H and O–H groups in total. The molecule has 2 aliphatic heterocycles. The lowest BCUT2D eigenvalue weighted by atomic mass is 10.1. The predicted molar refractivity (Wildman–Crippen MR) is 179 cm³/mol. The Morgan fingerprint density at radius 3 is 1.65 bits per heavy atom. The average Bonchev–Trinajstić information content (AvgIpc) is 3.75. The average molecular weight is 701 g/mol. The molecule has 3 aromatic rings. The van der Waals surface area contributed by atoms with E-state index in [4.69, 9.17) is 37.9 Å². The fourth-order valence-electron chi connectivity index (χ4n) is 5.15. The van der Waals surface area contributed by atoms with Gasteiger partial charge in [0.2, 0.25) is 0 Å². The van der Waals surface area contributed by atoms with Gasteiger partial charge in [-0.05, 0) is 85.1 Å². The number of ether oxygens (including phenoxy) is 8. The number of hydrogen-bond acceptors (Lipinski definition) is 13. The Bertz CT molecular complexity index is 1730. The van der Waals surface area contributed by atoms with E-state index in [1.807, 2.05) is 0 Å². The van der Waals surface area contributed by atoms with Gasteiger partial charge in [0.1, 0.15) is 23.7 Å². The molecule has 0 spiro atoms. The minimum absolute atomic E-state index is 0.0734. The van der Waals surface area contributed by atoms with Crippen molar-refractivity contribution in [3.05, 3.63) is 114 Å². The Labute approximate surface area is 293 Å². The van der Waals surface area contributed by atoms with E-state index in [1.165, 1.54) is 37.5 Å². The molecule has 2 fully saturated rings. The minimum atomic E-state index is -0.708. The summed E-state index contributed by atoms with van der Waals surface area (Å²) in [6.07, 6.45) is 2.44. The highest BCUT2D eigenvalue weighted by Gasteiger charge is 2.51. The molecule has 0 aliphatic carbocycles. The summed E-state index contributed by atoms with van der Waals surface area (Å²) in [4.78, 5) is 61.1. The van der Waals surface area contributed by atoms with Gasteiger partial charge in [0.25, 0.3) is 0 Å². The normalized spacial score (nSPS) is 19.1. The number of carbonyl (C=O) groups excluding carboxylic acids is 5. The fraction of sp³-hybridized carbons (Fsp3) is 0.289. The van der Waals surface area contributed by atoms with E-state index < -0.39 is 54.3 Å². The van der Waals surface area contributed by atoms with Crippen LogP contribution in [0.4, 0.5) is 0 Å². The number of carbonyl (C=O) groups is 5. The Kier molecular flexibility index (Phi) is 12.7. The predicted octanol–water partition coefficient (Wildman–Crippen LogP) is 4.53. The molecule has 0 amide bonds. The lowest BCUT2D eigenvalue weighted by Gasteiger charge is -2.17. The number of fused-ring (bicyclic) bond motifs is 1. The molecule has 3 aromatic carbocycles. The number of hydrogen-bond donors (Lipinski definition) is 0. The van der Waals surface area contributed by atoms with Crippen LogP contribution in [0.3, 0.4) is 0 Å². The van der Waals surface area contributed by atoms with Crippen LogP contribution in [0.15, 0.2) is 91.5 Å². The van der Waals surface area contributed by atoms with Crippen molar-refractivity contribution in [1.82, 2.24) is 0 Å². The third-order valence-corrected chi connectivity index (χ3v) is 7.86. The van der Waals surface area contributed by atoms with Gasteiger partial charge >= 0.3 is 29.8 Å². The highest BCUT2D eigenvalue weighted by atomic mass is 16.7. The largest absolute Gasteiger partial charge is 0.497 e. The van der Waals surface area contributed by atoms with Gasteiger partial charge in [0.05, 0.1) is 50.2 Å². The molecule has 5 rings (SSSR count). The van der Waals surface area contributed by atoms with E-state index >= 15 is 0 Å². The van der Waals surface area contributed by atoms with Gasteiger partial charge in [-0.3, -0.25) is 0 Å². The van der Waals surface area contributed by atoms with E-state index in [-0.39, 0.29) is 43.3 Å². The Balaban J connectivity index is 1.03. The maximum atomic E-state index is 12.9. The quantitative estimate of drug-likeness (QED) is 0.0716. The van der Waals surface area contributed by atoms with Gasteiger partial charge < -0.3 is 37.9 Å². The highest BCUT2D eigenvalue weighted by Crippen LogP contribution is 2.32.